The van der Waals surface area contributed by atoms with Gasteiger partial charge < -0.3 is 9.64 Å². The Hall–Kier alpha value is -2.51. The van der Waals surface area contributed by atoms with Gasteiger partial charge in [0.1, 0.15) is 11.6 Å². The normalized spacial score (nSPS) is 18.0. The van der Waals surface area contributed by atoms with Gasteiger partial charge in [-0.3, -0.25) is 4.79 Å². The molecule has 8 heteroatoms. The van der Waals surface area contributed by atoms with E-state index in [1.807, 2.05) is 18.5 Å². The first kappa shape index (κ1) is 15.4. The maximum absolute atomic E-state index is 12.6. The molecule has 0 aromatic carbocycles. The molecule has 1 saturated heterocycles. The maximum atomic E-state index is 12.6. The van der Waals surface area contributed by atoms with Crippen LogP contribution in [0, 0.1) is 13.8 Å². The average molecular weight is 316 g/mol. The van der Waals surface area contributed by atoms with Crippen LogP contribution >= 0.6 is 0 Å². The SMILES string of the molecule is COc1ccc(C(=O)N2CCCC(n3nc(C)nc3C)C2)nn1. The van der Waals surface area contributed by atoms with Crippen LogP contribution in [0.2, 0.25) is 0 Å². The number of carbonyl (C=O) groups is 1. The lowest BCUT2D eigenvalue weighted by Crippen LogP contribution is -2.41. The number of piperidine rings is 1. The monoisotopic (exact) mass is 316 g/mol. The quantitative estimate of drug-likeness (QED) is 0.845. The summed E-state index contributed by atoms with van der Waals surface area (Å²) in [4.78, 5) is 18.8. The van der Waals surface area contributed by atoms with Crippen molar-refractivity contribution in [2.24, 2.45) is 0 Å². The summed E-state index contributed by atoms with van der Waals surface area (Å²) < 4.78 is 6.89. The summed E-state index contributed by atoms with van der Waals surface area (Å²) in [7, 11) is 1.52. The zero-order valence-electron chi connectivity index (χ0n) is 13.6. The highest BCUT2D eigenvalue weighted by molar-refractivity contribution is 5.92. The molecule has 0 saturated carbocycles. The minimum Gasteiger partial charge on any atom is -0.480 e. The van der Waals surface area contributed by atoms with Crippen molar-refractivity contribution in [3.05, 3.63) is 29.5 Å². The van der Waals surface area contributed by atoms with Gasteiger partial charge in [-0.25, -0.2) is 9.67 Å². The van der Waals surface area contributed by atoms with Gasteiger partial charge in [-0.05, 0) is 32.8 Å². The number of carbonyl (C=O) groups excluding carboxylic acids is 1. The summed E-state index contributed by atoms with van der Waals surface area (Å²) in [5, 5.41) is 12.2. The summed E-state index contributed by atoms with van der Waals surface area (Å²) in [5.41, 5.74) is 0.331. The number of likely N-dealkylation sites (tertiary alicyclic amines) is 1. The van der Waals surface area contributed by atoms with Crippen molar-refractivity contribution in [3.63, 3.8) is 0 Å². The van der Waals surface area contributed by atoms with Gasteiger partial charge in [-0.2, -0.15) is 5.10 Å². The molecule has 2 aromatic heterocycles. The molecule has 122 valence electrons. The Balaban J connectivity index is 1.74. The fourth-order valence-electron chi connectivity index (χ4n) is 2.93. The maximum Gasteiger partial charge on any atom is 0.274 e. The van der Waals surface area contributed by atoms with Crippen LogP contribution in [0.15, 0.2) is 12.1 Å². The van der Waals surface area contributed by atoms with E-state index in [4.69, 9.17) is 4.74 Å². The Morgan fingerprint density at radius 2 is 2.13 bits per heavy atom. The molecular weight excluding hydrogens is 296 g/mol. The first-order valence-electron chi connectivity index (χ1n) is 7.65. The Bertz CT molecular complexity index is 696. The molecule has 0 radical (unpaired) electrons. The lowest BCUT2D eigenvalue weighted by molar-refractivity contribution is 0.0664. The van der Waals surface area contributed by atoms with E-state index < -0.39 is 0 Å². The molecule has 1 aliphatic heterocycles. The predicted octanol–water partition coefficient (Wildman–Crippen LogP) is 1.17. The zero-order valence-corrected chi connectivity index (χ0v) is 13.6. The molecule has 0 N–H and O–H groups in total. The van der Waals surface area contributed by atoms with Gasteiger partial charge in [-0.15, -0.1) is 10.2 Å². The van der Waals surface area contributed by atoms with Crippen LogP contribution < -0.4 is 4.74 Å². The van der Waals surface area contributed by atoms with Gasteiger partial charge >= 0.3 is 0 Å². The number of aryl methyl sites for hydroxylation is 2. The number of ether oxygens (including phenoxy) is 1. The van der Waals surface area contributed by atoms with Crippen LogP contribution in [0.1, 0.15) is 41.0 Å². The van der Waals surface area contributed by atoms with E-state index in [2.05, 4.69) is 20.3 Å². The third-order valence-corrected chi connectivity index (χ3v) is 4.01. The van der Waals surface area contributed by atoms with E-state index in [1.165, 1.54) is 7.11 Å². The minimum absolute atomic E-state index is 0.112. The molecule has 3 heterocycles. The Morgan fingerprint density at radius 1 is 1.30 bits per heavy atom. The van der Waals surface area contributed by atoms with Crippen molar-refractivity contribution in [2.45, 2.75) is 32.7 Å². The van der Waals surface area contributed by atoms with Crippen molar-refractivity contribution >= 4 is 5.91 Å². The van der Waals surface area contributed by atoms with Gasteiger partial charge in [0.25, 0.3) is 5.91 Å². The van der Waals surface area contributed by atoms with Crippen LogP contribution in [0.4, 0.5) is 0 Å². The largest absolute Gasteiger partial charge is 0.480 e. The predicted molar refractivity (Wildman–Crippen MR) is 82.3 cm³/mol. The second-order valence-electron chi connectivity index (χ2n) is 5.66. The van der Waals surface area contributed by atoms with Gasteiger partial charge in [0.15, 0.2) is 5.69 Å². The topological polar surface area (TPSA) is 86.0 Å². The van der Waals surface area contributed by atoms with E-state index in [-0.39, 0.29) is 11.9 Å². The average Bonchev–Trinajstić information content (AvgIpc) is 2.93. The third kappa shape index (κ3) is 3.15. The van der Waals surface area contributed by atoms with Gasteiger partial charge in [0.05, 0.1) is 13.2 Å². The molecule has 1 fully saturated rings. The molecule has 0 aliphatic carbocycles. The molecule has 1 amide bonds. The first-order chi connectivity index (χ1) is 11.1. The number of hydrogen-bond donors (Lipinski definition) is 0. The van der Waals surface area contributed by atoms with Gasteiger partial charge in [-0.1, -0.05) is 0 Å². The van der Waals surface area contributed by atoms with E-state index >= 15 is 0 Å². The summed E-state index contributed by atoms with van der Waals surface area (Å²) >= 11 is 0. The number of methoxy groups -OCH3 is 1. The van der Waals surface area contributed by atoms with E-state index in [1.54, 1.807) is 17.0 Å². The standard InChI is InChI=1S/C15H20N6O2/c1-10-16-11(2)21(19-10)12-5-4-8-20(9-12)15(22)13-6-7-14(23-3)18-17-13/h6-7,12H,4-5,8-9H2,1-3H3. The second-order valence-corrected chi connectivity index (χ2v) is 5.66. The Kier molecular flexibility index (Phi) is 4.22. The molecular formula is C15H20N6O2. The summed E-state index contributed by atoms with van der Waals surface area (Å²) in [6, 6.07) is 3.44. The van der Waals surface area contributed by atoms with Gasteiger partial charge in [0.2, 0.25) is 5.88 Å². The van der Waals surface area contributed by atoms with Crippen LogP contribution in [-0.4, -0.2) is 56.0 Å². The van der Waals surface area contributed by atoms with E-state index in [0.29, 0.717) is 18.1 Å². The highest BCUT2D eigenvalue weighted by atomic mass is 16.5. The highest BCUT2D eigenvalue weighted by Crippen LogP contribution is 2.23. The number of rotatable bonds is 3. The second kappa shape index (κ2) is 6.31. The molecule has 2 aromatic rings. The van der Waals surface area contributed by atoms with Crippen LogP contribution in [0.3, 0.4) is 0 Å². The molecule has 1 aliphatic rings. The lowest BCUT2D eigenvalue weighted by atomic mass is 10.1. The fourth-order valence-corrected chi connectivity index (χ4v) is 2.93. The van der Waals surface area contributed by atoms with Gasteiger partial charge in [0, 0.05) is 19.2 Å². The highest BCUT2D eigenvalue weighted by Gasteiger charge is 2.28. The van der Waals surface area contributed by atoms with Crippen LogP contribution in [0.5, 0.6) is 5.88 Å². The van der Waals surface area contributed by atoms with Crippen molar-refractivity contribution in [1.29, 1.82) is 0 Å². The van der Waals surface area contributed by atoms with Crippen LogP contribution in [-0.2, 0) is 0 Å². The van der Waals surface area contributed by atoms with Crippen molar-refractivity contribution in [1.82, 2.24) is 29.9 Å². The lowest BCUT2D eigenvalue weighted by Gasteiger charge is -2.32. The Morgan fingerprint density at radius 3 is 2.74 bits per heavy atom. The Labute approximate surface area is 134 Å². The number of hydrogen-bond acceptors (Lipinski definition) is 6. The summed E-state index contributed by atoms with van der Waals surface area (Å²) in [5.74, 6) is 1.92. The minimum atomic E-state index is -0.112. The van der Waals surface area contributed by atoms with E-state index in [9.17, 15) is 4.79 Å². The summed E-state index contributed by atoms with van der Waals surface area (Å²) in [6.45, 7) is 5.14. The smallest absolute Gasteiger partial charge is 0.274 e. The number of nitrogens with zero attached hydrogens (tertiary/aromatic N) is 6. The van der Waals surface area contributed by atoms with Crippen molar-refractivity contribution in [3.8, 4) is 5.88 Å². The summed E-state index contributed by atoms with van der Waals surface area (Å²) in [6.07, 6.45) is 1.92. The first-order valence-corrected chi connectivity index (χ1v) is 7.65. The molecule has 0 spiro atoms. The zero-order chi connectivity index (χ0) is 16.4. The molecule has 0 bridgehead atoms. The van der Waals surface area contributed by atoms with E-state index in [0.717, 1.165) is 31.0 Å². The molecule has 23 heavy (non-hydrogen) atoms. The number of aromatic nitrogens is 5. The van der Waals surface area contributed by atoms with Crippen molar-refractivity contribution in [2.75, 3.05) is 20.2 Å². The molecule has 8 nitrogen and oxygen atoms in total. The molecule has 1 unspecified atom stereocenters. The van der Waals surface area contributed by atoms with Crippen LogP contribution in [0.25, 0.3) is 0 Å². The molecule has 3 rings (SSSR count). The molecule has 1 atom stereocenters. The number of amides is 1. The fraction of sp³-hybridized carbons (Fsp3) is 0.533. The van der Waals surface area contributed by atoms with Crippen molar-refractivity contribution < 1.29 is 9.53 Å². The third-order valence-electron chi connectivity index (χ3n) is 4.01.